The Morgan fingerprint density at radius 3 is 2.85 bits per heavy atom. The van der Waals surface area contributed by atoms with Crippen LogP contribution in [-0.4, -0.2) is 39.5 Å². The molecule has 0 bridgehead atoms. The molecular weight excluding hydrogens is 166 g/mol. The van der Waals surface area contributed by atoms with E-state index in [4.69, 9.17) is 5.11 Å². The van der Waals surface area contributed by atoms with Crippen LogP contribution in [0.2, 0.25) is 0 Å². The Balaban J connectivity index is 2.49. The van der Waals surface area contributed by atoms with E-state index < -0.39 is 0 Å². The summed E-state index contributed by atoms with van der Waals surface area (Å²) >= 11 is 0. The molecule has 1 atom stereocenters. The van der Waals surface area contributed by atoms with E-state index in [2.05, 4.69) is 10.00 Å². The van der Waals surface area contributed by atoms with Crippen molar-refractivity contribution >= 4 is 0 Å². The monoisotopic (exact) mass is 183 g/mol. The molecule has 0 aliphatic rings. The van der Waals surface area contributed by atoms with Crippen molar-refractivity contribution in [2.75, 3.05) is 13.7 Å². The highest BCUT2D eigenvalue weighted by Gasteiger charge is 2.08. The summed E-state index contributed by atoms with van der Waals surface area (Å²) in [5, 5.41) is 13.0. The molecule has 0 radical (unpaired) electrons. The lowest BCUT2D eigenvalue weighted by atomic mass is 10.2. The predicted octanol–water partition coefficient (Wildman–Crippen LogP) is 0.233. The Morgan fingerprint density at radius 1 is 1.69 bits per heavy atom. The number of nitrogens with zero attached hydrogens (tertiary/aromatic N) is 3. The number of aliphatic hydroxyl groups is 1. The van der Waals surface area contributed by atoms with Gasteiger partial charge in [0.15, 0.2) is 0 Å². The minimum absolute atomic E-state index is 0.191. The molecule has 0 saturated carbocycles. The fourth-order valence-electron chi connectivity index (χ4n) is 1.14. The summed E-state index contributed by atoms with van der Waals surface area (Å²) in [7, 11) is 3.90. The Hall–Kier alpha value is -0.870. The SMILES string of the molecule is CC(CO)N(C)Cc1cnn(C)c1. The van der Waals surface area contributed by atoms with E-state index in [-0.39, 0.29) is 12.6 Å². The van der Waals surface area contributed by atoms with Crippen molar-refractivity contribution in [3.63, 3.8) is 0 Å². The Bertz CT molecular complexity index is 259. The van der Waals surface area contributed by atoms with E-state index in [1.54, 1.807) is 4.68 Å². The largest absolute Gasteiger partial charge is 0.395 e. The molecule has 13 heavy (non-hydrogen) atoms. The summed E-state index contributed by atoms with van der Waals surface area (Å²) in [6.07, 6.45) is 3.83. The van der Waals surface area contributed by atoms with Crippen molar-refractivity contribution in [2.45, 2.75) is 19.5 Å². The van der Waals surface area contributed by atoms with Gasteiger partial charge in [-0.3, -0.25) is 9.58 Å². The lowest BCUT2D eigenvalue weighted by Crippen LogP contribution is -2.31. The summed E-state index contributed by atoms with van der Waals surface area (Å²) in [6.45, 7) is 3.02. The van der Waals surface area contributed by atoms with Gasteiger partial charge in [0.2, 0.25) is 0 Å². The van der Waals surface area contributed by atoms with Crippen LogP contribution in [-0.2, 0) is 13.6 Å². The lowest BCUT2D eigenvalue weighted by Gasteiger charge is -2.21. The molecule has 1 rings (SSSR count). The summed E-state index contributed by atoms with van der Waals surface area (Å²) in [4.78, 5) is 2.09. The second-order valence-electron chi connectivity index (χ2n) is 3.47. The first-order valence-corrected chi connectivity index (χ1v) is 4.42. The maximum Gasteiger partial charge on any atom is 0.0584 e. The van der Waals surface area contributed by atoms with Gasteiger partial charge in [-0.1, -0.05) is 0 Å². The molecule has 0 fully saturated rings. The highest BCUT2D eigenvalue weighted by Crippen LogP contribution is 2.04. The molecule has 0 aliphatic heterocycles. The van der Waals surface area contributed by atoms with Crippen molar-refractivity contribution in [1.29, 1.82) is 0 Å². The van der Waals surface area contributed by atoms with Crippen molar-refractivity contribution < 1.29 is 5.11 Å². The van der Waals surface area contributed by atoms with Crippen LogP contribution in [0.25, 0.3) is 0 Å². The molecule has 1 aromatic rings. The number of aromatic nitrogens is 2. The topological polar surface area (TPSA) is 41.3 Å². The van der Waals surface area contributed by atoms with Gasteiger partial charge in [0, 0.05) is 31.4 Å². The van der Waals surface area contributed by atoms with E-state index in [1.807, 2.05) is 33.4 Å². The number of hydrogen-bond donors (Lipinski definition) is 1. The third-order valence-corrected chi connectivity index (χ3v) is 2.21. The third-order valence-electron chi connectivity index (χ3n) is 2.21. The zero-order valence-electron chi connectivity index (χ0n) is 8.44. The first kappa shape index (κ1) is 10.2. The van der Waals surface area contributed by atoms with Gasteiger partial charge < -0.3 is 5.11 Å². The average molecular weight is 183 g/mol. The van der Waals surface area contributed by atoms with Gasteiger partial charge >= 0.3 is 0 Å². The summed E-state index contributed by atoms with van der Waals surface area (Å²) in [5.41, 5.74) is 1.17. The van der Waals surface area contributed by atoms with Crippen molar-refractivity contribution in [3.05, 3.63) is 18.0 Å². The van der Waals surface area contributed by atoms with Crippen molar-refractivity contribution in [1.82, 2.24) is 14.7 Å². The highest BCUT2D eigenvalue weighted by molar-refractivity contribution is 5.03. The number of likely N-dealkylation sites (N-methyl/N-ethyl adjacent to an activating group) is 1. The fraction of sp³-hybridized carbons (Fsp3) is 0.667. The number of hydrogen-bond acceptors (Lipinski definition) is 3. The van der Waals surface area contributed by atoms with Gasteiger partial charge in [-0.05, 0) is 14.0 Å². The van der Waals surface area contributed by atoms with Crippen LogP contribution < -0.4 is 0 Å². The minimum atomic E-state index is 0.191. The Kier molecular flexibility index (Phi) is 3.45. The Labute approximate surface area is 78.8 Å². The predicted molar refractivity (Wildman–Crippen MR) is 51.2 cm³/mol. The fourth-order valence-corrected chi connectivity index (χ4v) is 1.14. The van der Waals surface area contributed by atoms with Gasteiger partial charge in [-0.25, -0.2) is 0 Å². The van der Waals surface area contributed by atoms with Crippen LogP contribution in [0.5, 0.6) is 0 Å². The molecule has 0 amide bonds. The molecule has 4 heteroatoms. The second-order valence-corrected chi connectivity index (χ2v) is 3.47. The van der Waals surface area contributed by atoms with Gasteiger partial charge in [-0.2, -0.15) is 5.10 Å². The molecule has 1 N–H and O–H groups in total. The zero-order valence-corrected chi connectivity index (χ0v) is 8.44. The normalized spacial score (nSPS) is 13.6. The average Bonchev–Trinajstić information content (AvgIpc) is 2.49. The van der Waals surface area contributed by atoms with Crippen molar-refractivity contribution in [3.8, 4) is 0 Å². The second kappa shape index (κ2) is 4.39. The van der Waals surface area contributed by atoms with Crippen LogP contribution >= 0.6 is 0 Å². The maximum absolute atomic E-state index is 8.93. The van der Waals surface area contributed by atoms with E-state index in [0.717, 1.165) is 6.54 Å². The van der Waals surface area contributed by atoms with Crippen LogP contribution in [0.15, 0.2) is 12.4 Å². The van der Waals surface area contributed by atoms with Crippen LogP contribution in [0.1, 0.15) is 12.5 Å². The van der Waals surface area contributed by atoms with Gasteiger partial charge in [0.25, 0.3) is 0 Å². The number of aliphatic hydroxyl groups excluding tert-OH is 1. The molecule has 1 unspecified atom stereocenters. The molecule has 1 aromatic heterocycles. The molecule has 0 spiro atoms. The third kappa shape index (κ3) is 2.82. The van der Waals surface area contributed by atoms with Crippen molar-refractivity contribution in [2.24, 2.45) is 7.05 Å². The zero-order chi connectivity index (χ0) is 9.84. The van der Waals surface area contributed by atoms with Crippen LogP contribution in [0.4, 0.5) is 0 Å². The molecule has 74 valence electrons. The Morgan fingerprint density at radius 2 is 2.38 bits per heavy atom. The van der Waals surface area contributed by atoms with Crippen LogP contribution in [0, 0.1) is 0 Å². The van der Waals surface area contributed by atoms with E-state index in [9.17, 15) is 0 Å². The highest BCUT2D eigenvalue weighted by atomic mass is 16.3. The molecule has 4 nitrogen and oxygen atoms in total. The summed E-state index contributed by atoms with van der Waals surface area (Å²) in [5.74, 6) is 0. The first-order valence-electron chi connectivity index (χ1n) is 4.42. The molecule has 0 saturated heterocycles. The molecule has 1 heterocycles. The quantitative estimate of drug-likeness (QED) is 0.726. The number of rotatable bonds is 4. The van der Waals surface area contributed by atoms with Gasteiger partial charge in [-0.15, -0.1) is 0 Å². The summed E-state index contributed by atoms with van der Waals surface area (Å²) in [6, 6.07) is 0.195. The molecule has 0 aromatic carbocycles. The van der Waals surface area contributed by atoms with E-state index >= 15 is 0 Å². The van der Waals surface area contributed by atoms with Gasteiger partial charge in [0.1, 0.15) is 0 Å². The van der Waals surface area contributed by atoms with Gasteiger partial charge in [0.05, 0.1) is 12.8 Å². The summed E-state index contributed by atoms with van der Waals surface area (Å²) < 4.78 is 1.78. The molecular formula is C9H17N3O. The molecule has 0 aliphatic carbocycles. The van der Waals surface area contributed by atoms with Crippen LogP contribution in [0.3, 0.4) is 0 Å². The maximum atomic E-state index is 8.93. The first-order chi connectivity index (χ1) is 6.13. The lowest BCUT2D eigenvalue weighted by molar-refractivity contribution is 0.154. The van der Waals surface area contributed by atoms with E-state index in [0.29, 0.717) is 0 Å². The smallest absolute Gasteiger partial charge is 0.0584 e. The minimum Gasteiger partial charge on any atom is -0.395 e. The van der Waals surface area contributed by atoms with E-state index in [1.165, 1.54) is 5.56 Å². The standard InChI is InChI=1S/C9H17N3O/c1-8(7-13)11(2)5-9-4-10-12(3)6-9/h4,6,8,13H,5,7H2,1-3H3. The number of aryl methyl sites for hydroxylation is 1.